The molecule has 0 radical (unpaired) electrons. The highest BCUT2D eigenvalue weighted by Crippen LogP contribution is 2.27. The Balaban J connectivity index is 1.34. The summed E-state index contributed by atoms with van der Waals surface area (Å²) in [5.41, 5.74) is 1.21. The summed E-state index contributed by atoms with van der Waals surface area (Å²) in [6.07, 6.45) is 0.871. The van der Waals surface area contributed by atoms with Crippen molar-refractivity contribution < 1.29 is 14.3 Å². The van der Waals surface area contributed by atoms with Crippen molar-refractivity contribution in [3.8, 4) is 5.75 Å². The van der Waals surface area contributed by atoms with Gasteiger partial charge >= 0.3 is 6.03 Å². The van der Waals surface area contributed by atoms with Crippen molar-refractivity contribution >= 4 is 6.03 Å². The van der Waals surface area contributed by atoms with Gasteiger partial charge in [-0.3, -0.25) is 4.90 Å². The predicted octanol–water partition coefficient (Wildman–Crippen LogP) is 1.01. The highest BCUT2D eigenvalue weighted by molar-refractivity contribution is 5.73. The third kappa shape index (κ3) is 4.36. The average molecular weight is 319 g/mol. The molecule has 2 unspecified atom stereocenters. The third-order valence-electron chi connectivity index (χ3n) is 4.43. The Morgan fingerprint density at radius 3 is 2.87 bits per heavy atom. The first-order valence-corrected chi connectivity index (χ1v) is 8.30. The van der Waals surface area contributed by atoms with E-state index < -0.39 is 0 Å². The SMILES string of the molecule is CC(CNC(=O)NCC1Cc2ccccc2O1)N1CCOCC1. The number of carbonyl (C=O) groups is 1. The summed E-state index contributed by atoms with van der Waals surface area (Å²) in [5, 5.41) is 5.84. The summed E-state index contributed by atoms with van der Waals surface area (Å²) >= 11 is 0. The second-order valence-corrected chi connectivity index (χ2v) is 6.14. The number of amides is 2. The minimum absolute atomic E-state index is 0.0230. The first-order valence-electron chi connectivity index (χ1n) is 8.30. The quantitative estimate of drug-likeness (QED) is 0.850. The Labute approximate surface area is 137 Å². The van der Waals surface area contributed by atoms with E-state index in [-0.39, 0.29) is 12.1 Å². The normalized spacial score (nSPS) is 22.0. The molecule has 0 aromatic heterocycles. The summed E-state index contributed by atoms with van der Waals surface area (Å²) in [6, 6.07) is 8.20. The standard InChI is InChI=1S/C17H25N3O3/c1-13(20-6-8-22-9-7-20)11-18-17(21)19-12-15-10-14-4-2-3-5-16(14)23-15/h2-5,13,15H,6-12H2,1H3,(H2,18,19,21). The van der Waals surface area contributed by atoms with E-state index in [1.165, 1.54) is 5.56 Å². The van der Waals surface area contributed by atoms with Crippen molar-refractivity contribution in [1.29, 1.82) is 0 Å². The van der Waals surface area contributed by atoms with Gasteiger partial charge in [0.1, 0.15) is 11.9 Å². The number of nitrogens with zero attached hydrogens (tertiary/aromatic N) is 1. The number of hydrogen-bond donors (Lipinski definition) is 2. The van der Waals surface area contributed by atoms with E-state index in [0.717, 1.165) is 38.5 Å². The Hall–Kier alpha value is -1.79. The maximum absolute atomic E-state index is 11.9. The van der Waals surface area contributed by atoms with Gasteiger partial charge in [-0.25, -0.2) is 4.79 Å². The van der Waals surface area contributed by atoms with E-state index in [4.69, 9.17) is 9.47 Å². The van der Waals surface area contributed by atoms with E-state index in [1.54, 1.807) is 0 Å². The van der Waals surface area contributed by atoms with Crippen LogP contribution in [0.2, 0.25) is 0 Å². The molecule has 2 aliphatic heterocycles. The molecule has 1 aromatic rings. The van der Waals surface area contributed by atoms with Gasteiger partial charge in [0, 0.05) is 32.1 Å². The topological polar surface area (TPSA) is 62.8 Å². The minimum atomic E-state index is -0.135. The van der Waals surface area contributed by atoms with E-state index in [0.29, 0.717) is 19.1 Å². The van der Waals surface area contributed by atoms with Gasteiger partial charge in [0.15, 0.2) is 0 Å². The van der Waals surface area contributed by atoms with Crippen LogP contribution in [0.25, 0.3) is 0 Å². The molecular formula is C17H25N3O3. The molecule has 23 heavy (non-hydrogen) atoms. The Morgan fingerprint density at radius 2 is 2.09 bits per heavy atom. The van der Waals surface area contributed by atoms with Crippen molar-refractivity contribution in [1.82, 2.24) is 15.5 Å². The van der Waals surface area contributed by atoms with Crippen molar-refractivity contribution in [2.45, 2.75) is 25.5 Å². The summed E-state index contributed by atoms with van der Waals surface area (Å²) in [7, 11) is 0. The van der Waals surface area contributed by atoms with Crippen LogP contribution in [0.15, 0.2) is 24.3 Å². The first-order chi connectivity index (χ1) is 11.2. The van der Waals surface area contributed by atoms with Crippen molar-refractivity contribution in [2.75, 3.05) is 39.4 Å². The Morgan fingerprint density at radius 1 is 1.30 bits per heavy atom. The molecule has 3 rings (SSSR count). The number of benzene rings is 1. The van der Waals surface area contributed by atoms with Gasteiger partial charge in [-0.2, -0.15) is 0 Å². The smallest absolute Gasteiger partial charge is 0.314 e. The second-order valence-electron chi connectivity index (χ2n) is 6.14. The molecular weight excluding hydrogens is 294 g/mol. The fourth-order valence-corrected chi connectivity index (χ4v) is 3.02. The van der Waals surface area contributed by atoms with Crippen LogP contribution in [-0.4, -0.2) is 62.5 Å². The molecule has 2 amide bonds. The van der Waals surface area contributed by atoms with Crippen LogP contribution in [0.4, 0.5) is 4.79 Å². The van der Waals surface area contributed by atoms with Crippen LogP contribution in [-0.2, 0) is 11.2 Å². The summed E-state index contributed by atoms with van der Waals surface area (Å²) in [6.45, 7) is 6.69. The van der Waals surface area contributed by atoms with Crippen LogP contribution in [0.3, 0.4) is 0 Å². The molecule has 2 aliphatic rings. The Kier molecular flexibility index (Phi) is 5.35. The second kappa shape index (κ2) is 7.66. The summed E-state index contributed by atoms with van der Waals surface area (Å²) in [5.74, 6) is 0.931. The molecule has 1 saturated heterocycles. The molecule has 0 saturated carbocycles. The zero-order valence-corrected chi connectivity index (χ0v) is 13.6. The highest BCUT2D eigenvalue weighted by Gasteiger charge is 2.23. The number of urea groups is 1. The molecule has 2 heterocycles. The van der Waals surface area contributed by atoms with Gasteiger partial charge in [0.25, 0.3) is 0 Å². The number of carbonyl (C=O) groups excluding carboxylic acids is 1. The number of ether oxygens (including phenoxy) is 2. The molecule has 0 spiro atoms. The van der Waals surface area contributed by atoms with Gasteiger partial charge in [0.2, 0.25) is 0 Å². The highest BCUT2D eigenvalue weighted by atomic mass is 16.5. The zero-order chi connectivity index (χ0) is 16.1. The molecule has 1 fully saturated rings. The molecule has 6 nitrogen and oxygen atoms in total. The predicted molar refractivity (Wildman–Crippen MR) is 87.8 cm³/mol. The lowest BCUT2D eigenvalue weighted by molar-refractivity contribution is 0.0209. The fraction of sp³-hybridized carbons (Fsp3) is 0.588. The third-order valence-corrected chi connectivity index (χ3v) is 4.43. The van der Waals surface area contributed by atoms with Gasteiger partial charge in [0.05, 0.1) is 19.8 Å². The molecule has 126 valence electrons. The van der Waals surface area contributed by atoms with Gasteiger partial charge < -0.3 is 20.1 Å². The van der Waals surface area contributed by atoms with E-state index in [2.05, 4.69) is 28.5 Å². The number of para-hydroxylation sites is 1. The average Bonchev–Trinajstić information content (AvgIpc) is 3.01. The maximum atomic E-state index is 11.9. The summed E-state index contributed by atoms with van der Waals surface area (Å²) < 4.78 is 11.2. The molecule has 6 heteroatoms. The zero-order valence-electron chi connectivity index (χ0n) is 13.6. The first kappa shape index (κ1) is 16.1. The van der Waals surface area contributed by atoms with Crippen molar-refractivity contribution in [3.05, 3.63) is 29.8 Å². The summed E-state index contributed by atoms with van der Waals surface area (Å²) in [4.78, 5) is 14.3. The minimum Gasteiger partial charge on any atom is -0.488 e. The van der Waals surface area contributed by atoms with Crippen LogP contribution < -0.4 is 15.4 Å². The molecule has 1 aromatic carbocycles. The molecule has 2 N–H and O–H groups in total. The van der Waals surface area contributed by atoms with E-state index in [9.17, 15) is 4.79 Å². The van der Waals surface area contributed by atoms with Gasteiger partial charge in [-0.05, 0) is 18.6 Å². The molecule has 0 aliphatic carbocycles. The molecule has 2 atom stereocenters. The number of morpholine rings is 1. The monoisotopic (exact) mass is 319 g/mol. The van der Waals surface area contributed by atoms with Gasteiger partial charge in [-0.15, -0.1) is 0 Å². The van der Waals surface area contributed by atoms with Crippen LogP contribution in [0, 0.1) is 0 Å². The maximum Gasteiger partial charge on any atom is 0.314 e. The number of nitrogens with one attached hydrogen (secondary N) is 2. The fourth-order valence-electron chi connectivity index (χ4n) is 3.02. The van der Waals surface area contributed by atoms with Crippen LogP contribution in [0.5, 0.6) is 5.75 Å². The van der Waals surface area contributed by atoms with Crippen molar-refractivity contribution in [3.63, 3.8) is 0 Å². The number of fused-ring (bicyclic) bond motifs is 1. The van der Waals surface area contributed by atoms with E-state index >= 15 is 0 Å². The lowest BCUT2D eigenvalue weighted by Crippen LogP contribution is -2.49. The van der Waals surface area contributed by atoms with Crippen LogP contribution in [0.1, 0.15) is 12.5 Å². The lowest BCUT2D eigenvalue weighted by Gasteiger charge is -2.32. The molecule has 0 bridgehead atoms. The lowest BCUT2D eigenvalue weighted by atomic mass is 10.1. The largest absolute Gasteiger partial charge is 0.488 e. The van der Waals surface area contributed by atoms with Crippen LogP contribution >= 0.6 is 0 Å². The number of rotatable bonds is 5. The van der Waals surface area contributed by atoms with Gasteiger partial charge in [-0.1, -0.05) is 18.2 Å². The Bertz CT molecular complexity index is 507. The van der Waals surface area contributed by atoms with Crippen molar-refractivity contribution in [2.24, 2.45) is 0 Å². The van der Waals surface area contributed by atoms with E-state index in [1.807, 2.05) is 18.2 Å². The number of hydrogen-bond acceptors (Lipinski definition) is 4.